The molecule has 0 radical (unpaired) electrons. The Morgan fingerprint density at radius 1 is 0.718 bits per heavy atom. The Morgan fingerprint density at radius 3 is 1.77 bits per heavy atom. The number of amides is 2. The van der Waals surface area contributed by atoms with Crippen molar-refractivity contribution in [2.24, 2.45) is 11.5 Å². The van der Waals surface area contributed by atoms with Crippen LogP contribution in [0.2, 0.25) is 0 Å². The summed E-state index contributed by atoms with van der Waals surface area (Å²) in [6, 6.07) is 36.0. The molecule has 1 atom stereocenters. The lowest BCUT2D eigenvalue weighted by molar-refractivity contribution is -0.141. The van der Waals surface area contributed by atoms with Crippen molar-refractivity contribution in [1.82, 2.24) is 4.90 Å². The molecule has 0 unspecified atom stereocenters. The highest BCUT2D eigenvalue weighted by atomic mass is 16.5. The Bertz CT molecular complexity index is 1270. The largest absolute Gasteiger partial charge is 0.489 e. The molecule has 4 N–H and O–H groups in total. The minimum absolute atomic E-state index is 0.183. The van der Waals surface area contributed by atoms with Crippen molar-refractivity contribution < 1.29 is 14.3 Å². The summed E-state index contributed by atoms with van der Waals surface area (Å²) in [5.74, 6) is -0.584. The zero-order valence-corrected chi connectivity index (χ0v) is 22.0. The first kappa shape index (κ1) is 27.6. The first-order valence-corrected chi connectivity index (χ1v) is 13.2. The molecule has 2 amide bonds. The van der Waals surface area contributed by atoms with E-state index in [4.69, 9.17) is 16.2 Å². The van der Waals surface area contributed by atoms with Crippen LogP contribution in [0.1, 0.15) is 41.0 Å². The van der Waals surface area contributed by atoms with Gasteiger partial charge in [0, 0.05) is 6.54 Å². The maximum atomic E-state index is 14.3. The third kappa shape index (κ3) is 7.55. The van der Waals surface area contributed by atoms with Crippen LogP contribution in [0, 0.1) is 0 Å². The van der Waals surface area contributed by atoms with Crippen molar-refractivity contribution in [2.45, 2.75) is 38.0 Å². The van der Waals surface area contributed by atoms with Crippen LogP contribution in [0.5, 0.6) is 5.75 Å². The second kappa shape index (κ2) is 13.9. The van der Waals surface area contributed by atoms with Gasteiger partial charge >= 0.3 is 0 Å². The normalized spacial score (nSPS) is 11.6. The molecule has 0 heterocycles. The second-order valence-electron chi connectivity index (χ2n) is 9.49. The van der Waals surface area contributed by atoms with E-state index < -0.39 is 17.9 Å². The van der Waals surface area contributed by atoms with Gasteiger partial charge in [0.1, 0.15) is 18.4 Å². The van der Waals surface area contributed by atoms with Crippen LogP contribution in [0.15, 0.2) is 115 Å². The van der Waals surface area contributed by atoms with Gasteiger partial charge in [-0.15, -0.1) is 0 Å². The Hall–Kier alpha value is -4.42. The molecule has 39 heavy (non-hydrogen) atoms. The lowest BCUT2D eigenvalue weighted by Gasteiger charge is -2.33. The predicted octanol–water partition coefficient (Wildman–Crippen LogP) is 5.02. The van der Waals surface area contributed by atoms with E-state index in [0.717, 1.165) is 28.0 Å². The summed E-state index contributed by atoms with van der Waals surface area (Å²) in [4.78, 5) is 28.6. The van der Waals surface area contributed by atoms with Gasteiger partial charge in [-0.3, -0.25) is 9.59 Å². The average Bonchev–Trinajstić information content (AvgIpc) is 2.98. The van der Waals surface area contributed by atoms with Crippen LogP contribution < -0.4 is 16.2 Å². The van der Waals surface area contributed by atoms with E-state index >= 15 is 0 Å². The Kier molecular flexibility index (Phi) is 9.86. The zero-order chi connectivity index (χ0) is 27.5. The highest BCUT2D eigenvalue weighted by Crippen LogP contribution is 2.29. The standard InChI is InChI=1S/C33H35N3O3/c34-22-10-17-30(32(35)37)36(23-25-18-20-29(21-19-25)39-24-26-11-4-1-5-12-26)33(38)31(27-13-6-2-7-14-27)28-15-8-3-9-16-28/h1-9,11-16,18-21,30-31H,10,17,22-24,34H2,(H2,35,37)/t30-/m1/s1. The summed E-state index contributed by atoms with van der Waals surface area (Å²) < 4.78 is 5.92. The molecule has 200 valence electrons. The van der Waals surface area contributed by atoms with Crippen LogP contribution in [-0.2, 0) is 22.7 Å². The molecule has 0 aromatic heterocycles. The number of rotatable bonds is 13. The van der Waals surface area contributed by atoms with E-state index in [9.17, 15) is 9.59 Å². The molecule has 6 nitrogen and oxygen atoms in total. The number of ether oxygens (including phenoxy) is 1. The fourth-order valence-corrected chi connectivity index (χ4v) is 4.67. The second-order valence-corrected chi connectivity index (χ2v) is 9.49. The van der Waals surface area contributed by atoms with Crippen molar-refractivity contribution in [3.05, 3.63) is 138 Å². The minimum Gasteiger partial charge on any atom is -0.489 e. The summed E-state index contributed by atoms with van der Waals surface area (Å²) in [6.07, 6.45) is 0.969. The first-order valence-electron chi connectivity index (χ1n) is 13.2. The first-order chi connectivity index (χ1) is 19.1. The predicted molar refractivity (Wildman–Crippen MR) is 154 cm³/mol. The number of primary amides is 1. The van der Waals surface area contributed by atoms with Gasteiger partial charge in [0.2, 0.25) is 11.8 Å². The van der Waals surface area contributed by atoms with Gasteiger partial charge in [-0.1, -0.05) is 103 Å². The highest BCUT2D eigenvalue weighted by Gasteiger charge is 2.34. The quantitative estimate of drug-likeness (QED) is 0.258. The van der Waals surface area contributed by atoms with Crippen LogP contribution in [0.4, 0.5) is 0 Å². The van der Waals surface area contributed by atoms with Crippen LogP contribution >= 0.6 is 0 Å². The van der Waals surface area contributed by atoms with Crippen LogP contribution in [0.3, 0.4) is 0 Å². The summed E-state index contributed by atoms with van der Waals surface area (Å²) in [6.45, 7) is 1.09. The molecular formula is C33H35N3O3. The summed E-state index contributed by atoms with van der Waals surface area (Å²) >= 11 is 0. The monoisotopic (exact) mass is 521 g/mol. The Morgan fingerprint density at radius 2 is 1.26 bits per heavy atom. The maximum Gasteiger partial charge on any atom is 0.240 e. The van der Waals surface area contributed by atoms with E-state index in [2.05, 4.69) is 0 Å². The van der Waals surface area contributed by atoms with Gasteiger partial charge in [-0.05, 0) is 53.8 Å². The van der Waals surface area contributed by atoms with E-state index in [1.807, 2.05) is 115 Å². The third-order valence-corrected chi connectivity index (χ3v) is 6.71. The molecule has 6 heteroatoms. The third-order valence-electron chi connectivity index (χ3n) is 6.71. The van der Waals surface area contributed by atoms with Gasteiger partial charge in [-0.25, -0.2) is 0 Å². The summed E-state index contributed by atoms with van der Waals surface area (Å²) in [7, 11) is 0. The van der Waals surface area contributed by atoms with Crippen molar-refractivity contribution in [3.8, 4) is 5.75 Å². The number of hydrogen-bond acceptors (Lipinski definition) is 4. The maximum absolute atomic E-state index is 14.3. The van der Waals surface area contributed by atoms with Crippen molar-refractivity contribution in [3.63, 3.8) is 0 Å². The summed E-state index contributed by atoms with van der Waals surface area (Å²) in [5, 5.41) is 0. The fourth-order valence-electron chi connectivity index (χ4n) is 4.67. The molecule has 4 aromatic rings. The molecule has 0 aliphatic carbocycles. The fraction of sp³-hybridized carbons (Fsp3) is 0.212. The lowest BCUT2D eigenvalue weighted by Crippen LogP contribution is -2.49. The molecule has 0 aliphatic rings. The molecule has 0 spiro atoms. The molecule has 0 fully saturated rings. The van der Waals surface area contributed by atoms with Crippen molar-refractivity contribution >= 4 is 11.8 Å². The van der Waals surface area contributed by atoms with Gasteiger partial charge < -0.3 is 21.1 Å². The topological polar surface area (TPSA) is 98.7 Å². The minimum atomic E-state index is -0.787. The van der Waals surface area contributed by atoms with E-state index in [0.29, 0.717) is 26.0 Å². The molecule has 0 saturated carbocycles. The Balaban J connectivity index is 1.62. The van der Waals surface area contributed by atoms with E-state index in [1.54, 1.807) is 4.90 Å². The van der Waals surface area contributed by atoms with Gasteiger partial charge in [0.15, 0.2) is 0 Å². The van der Waals surface area contributed by atoms with E-state index in [1.165, 1.54) is 0 Å². The number of benzene rings is 4. The van der Waals surface area contributed by atoms with Crippen LogP contribution in [0.25, 0.3) is 0 Å². The SMILES string of the molecule is NCCC[C@H](C(N)=O)N(Cc1ccc(OCc2ccccc2)cc1)C(=O)C(c1ccccc1)c1ccccc1. The molecule has 0 bridgehead atoms. The van der Waals surface area contributed by atoms with Crippen LogP contribution in [-0.4, -0.2) is 29.3 Å². The lowest BCUT2D eigenvalue weighted by atomic mass is 9.89. The summed E-state index contributed by atoms with van der Waals surface area (Å²) in [5.41, 5.74) is 15.3. The molecule has 4 aromatic carbocycles. The number of carbonyl (C=O) groups is 2. The number of nitrogens with zero attached hydrogens (tertiary/aromatic N) is 1. The van der Waals surface area contributed by atoms with Gasteiger partial charge in [0.25, 0.3) is 0 Å². The van der Waals surface area contributed by atoms with Gasteiger partial charge in [0.05, 0.1) is 5.92 Å². The molecular weight excluding hydrogens is 486 g/mol. The van der Waals surface area contributed by atoms with Crippen molar-refractivity contribution in [2.75, 3.05) is 6.54 Å². The number of hydrogen-bond donors (Lipinski definition) is 2. The van der Waals surface area contributed by atoms with Crippen molar-refractivity contribution in [1.29, 1.82) is 0 Å². The zero-order valence-electron chi connectivity index (χ0n) is 22.0. The number of nitrogens with two attached hydrogens (primary N) is 2. The molecule has 4 rings (SSSR count). The molecule has 0 saturated heterocycles. The van der Waals surface area contributed by atoms with Gasteiger partial charge in [-0.2, -0.15) is 0 Å². The molecule has 0 aliphatic heterocycles. The average molecular weight is 522 g/mol. The number of carbonyl (C=O) groups excluding carboxylic acids is 2. The smallest absolute Gasteiger partial charge is 0.240 e. The highest BCUT2D eigenvalue weighted by molar-refractivity contribution is 5.92. The Labute approximate surface area is 230 Å². The van der Waals surface area contributed by atoms with E-state index in [-0.39, 0.29) is 12.5 Å².